The zero-order valence-corrected chi connectivity index (χ0v) is 14.9. The van der Waals surface area contributed by atoms with Gasteiger partial charge in [-0.05, 0) is 24.3 Å². The van der Waals surface area contributed by atoms with Crippen LogP contribution in [0.3, 0.4) is 0 Å². The number of carbonyl (C=O) groups is 1. The fourth-order valence-electron chi connectivity index (χ4n) is 2.43. The Morgan fingerprint density at radius 3 is 2.52 bits per heavy atom. The van der Waals surface area contributed by atoms with Gasteiger partial charge in [-0.15, -0.1) is 0 Å². The maximum atomic E-state index is 12.3. The fourth-order valence-corrected chi connectivity index (χ4v) is 2.65. The molecule has 0 saturated carbocycles. The molecule has 1 amide bonds. The van der Waals surface area contributed by atoms with Gasteiger partial charge in [0.1, 0.15) is 6.26 Å². The van der Waals surface area contributed by atoms with Crippen LogP contribution in [0.5, 0.6) is 0 Å². The standard InChI is InChI=1S/C20H19ClN2O2/c1-20(2,13-22-18(24)15-10-6-7-11-16(15)21)17-12-25-19(23-17)14-8-4-3-5-9-14/h3-12H,13H2,1-2H3,(H,22,24). The van der Waals surface area contributed by atoms with Crippen molar-refractivity contribution in [2.45, 2.75) is 19.3 Å². The summed E-state index contributed by atoms with van der Waals surface area (Å²) in [5.74, 6) is 0.367. The quantitative estimate of drug-likeness (QED) is 0.722. The van der Waals surface area contributed by atoms with E-state index in [2.05, 4.69) is 10.3 Å². The molecule has 0 atom stereocenters. The molecule has 0 aliphatic heterocycles. The zero-order valence-electron chi connectivity index (χ0n) is 14.1. The Labute approximate surface area is 151 Å². The maximum Gasteiger partial charge on any atom is 0.252 e. The van der Waals surface area contributed by atoms with Gasteiger partial charge in [-0.25, -0.2) is 4.98 Å². The lowest BCUT2D eigenvalue weighted by molar-refractivity contribution is 0.0945. The van der Waals surface area contributed by atoms with Gasteiger partial charge >= 0.3 is 0 Å². The van der Waals surface area contributed by atoms with Crippen molar-refractivity contribution in [3.63, 3.8) is 0 Å². The van der Waals surface area contributed by atoms with Crippen LogP contribution in [0, 0.1) is 0 Å². The van der Waals surface area contributed by atoms with Crippen molar-refractivity contribution < 1.29 is 9.21 Å². The molecule has 3 rings (SSSR count). The van der Waals surface area contributed by atoms with Gasteiger partial charge in [0.15, 0.2) is 0 Å². The Hall–Kier alpha value is -2.59. The molecule has 1 aromatic heterocycles. The molecule has 0 saturated heterocycles. The van der Waals surface area contributed by atoms with E-state index in [1.54, 1.807) is 30.5 Å². The van der Waals surface area contributed by atoms with Crippen molar-refractivity contribution in [1.82, 2.24) is 10.3 Å². The van der Waals surface area contributed by atoms with Gasteiger partial charge in [0.25, 0.3) is 5.91 Å². The SMILES string of the molecule is CC(C)(CNC(=O)c1ccccc1Cl)c1coc(-c2ccccc2)n1. The van der Waals surface area contributed by atoms with E-state index in [4.69, 9.17) is 16.0 Å². The summed E-state index contributed by atoms with van der Waals surface area (Å²) in [5.41, 5.74) is 1.79. The molecule has 4 nitrogen and oxygen atoms in total. The predicted molar refractivity (Wildman–Crippen MR) is 98.8 cm³/mol. The minimum Gasteiger partial charge on any atom is -0.444 e. The van der Waals surface area contributed by atoms with Crippen molar-refractivity contribution in [2.75, 3.05) is 6.54 Å². The first-order chi connectivity index (χ1) is 12.0. The molecule has 0 spiro atoms. The van der Waals surface area contributed by atoms with Crippen molar-refractivity contribution >= 4 is 17.5 Å². The lowest BCUT2D eigenvalue weighted by Crippen LogP contribution is -2.37. The number of nitrogens with one attached hydrogen (secondary N) is 1. The van der Waals surface area contributed by atoms with Gasteiger partial charge in [0.05, 0.1) is 16.3 Å². The number of oxazole rings is 1. The summed E-state index contributed by atoms with van der Waals surface area (Å²) >= 11 is 6.07. The van der Waals surface area contributed by atoms with Crippen molar-refractivity contribution in [3.05, 3.63) is 77.1 Å². The van der Waals surface area contributed by atoms with Gasteiger partial charge in [-0.3, -0.25) is 4.79 Å². The minimum atomic E-state index is -0.382. The van der Waals surface area contributed by atoms with Crippen molar-refractivity contribution in [2.24, 2.45) is 0 Å². The Bertz CT molecular complexity index is 872. The third-order valence-corrected chi connectivity index (χ3v) is 4.36. The highest BCUT2D eigenvalue weighted by atomic mass is 35.5. The third-order valence-electron chi connectivity index (χ3n) is 4.03. The van der Waals surface area contributed by atoms with E-state index in [-0.39, 0.29) is 11.3 Å². The Kier molecular flexibility index (Phi) is 4.91. The lowest BCUT2D eigenvalue weighted by Gasteiger charge is -2.22. The number of aromatic nitrogens is 1. The van der Waals surface area contributed by atoms with E-state index in [1.165, 1.54) is 0 Å². The van der Waals surface area contributed by atoms with E-state index in [1.807, 2.05) is 44.2 Å². The molecule has 0 aliphatic carbocycles. The van der Waals surface area contributed by atoms with Gasteiger partial charge < -0.3 is 9.73 Å². The number of amides is 1. The van der Waals surface area contributed by atoms with Gasteiger partial charge in [-0.1, -0.05) is 55.8 Å². The number of hydrogen-bond acceptors (Lipinski definition) is 3. The molecule has 1 heterocycles. The molecule has 5 heteroatoms. The Morgan fingerprint density at radius 1 is 1.12 bits per heavy atom. The number of hydrogen-bond donors (Lipinski definition) is 1. The average Bonchev–Trinajstić information content (AvgIpc) is 3.12. The van der Waals surface area contributed by atoms with E-state index < -0.39 is 0 Å². The van der Waals surface area contributed by atoms with Crippen molar-refractivity contribution in [1.29, 1.82) is 0 Å². The number of nitrogens with zero attached hydrogens (tertiary/aromatic N) is 1. The van der Waals surface area contributed by atoms with Gasteiger partial charge in [0.2, 0.25) is 5.89 Å². The summed E-state index contributed by atoms with van der Waals surface area (Å²) in [4.78, 5) is 16.9. The summed E-state index contributed by atoms with van der Waals surface area (Å²) in [5, 5.41) is 3.36. The van der Waals surface area contributed by atoms with Crippen LogP contribution in [0.1, 0.15) is 29.9 Å². The van der Waals surface area contributed by atoms with Crippen LogP contribution in [-0.4, -0.2) is 17.4 Å². The Morgan fingerprint density at radius 2 is 1.80 bits per heavy atom. The second-order valence-corrected chi connectivity index (χ2v) is 6.86. The predicted octanol–water partition coefficient (Wildman–Crippen LogP) is 4.70. The molecule has 1 N–H and O–H groups in total. The number of rotatable bonds is 5. The van der Waals surface area contributed by atoms with Crippen LogP contribution in [0.2, 0.25) is 5.02 Å². The number of carbonyl (C=O) groups excluding carboxylic acids is 1. The second kappa shape index (κ2) is 7.11. The molecule has 0 unspecified atom stereocenters. The molecule has 25 heavy (non-hydrogen) atoms. The number of halogens is 1. The summed E-state index contributed by atoms with van der Waals surface area (Å²) in [6.07, 6.45) is 1.64. The van der Waals surface area contributed by atoms with Crippen LogP contribution < -0.4 is 5.32 Å². The molecule has 0 radical (unpaired) electrons. The lowest BCUT2D eigenvalue weighted by atomic mass is 9.90. The van der Waals surface area contributed by atoms with Crippen molar-refractivity contribution in [3.8, 4) is 11.5 Å². The topological polar surface area (TPSA) is 55.1 Å². The smallest absolute Gasteiger partial charge is 0.252 e. The first-order valence-electron chi connectivity index (χ1n) is 8.01. The summed E-state index contributed by atoms with van der Waals surface area (Å²) in [6, 6.07) is 16.7. The molecular formula is C20H19ClN2O2. The summed E-state index contributed by atoms with van der Waals surface area (Å²) < 4.78 is 5.60. The molecule has 2 aromatic carbocycles. The first kappa shape index (κ1) is 17.2. The van der Waals surface area contributed by atoms with Crippen LogP contribution in [0.25, 0.3) is 11.5 Å². The highest BCUT2D eigenvalue weighted by Crippen LogP contribution is 2.26. The second-order valence-electron chi connectivity index (χ2n) is 6.45. The Balaban J connectivity index is 1.71. The maximum absolute atomic E-state index is 12.3. The minimum absolute atomic E-state index is 0.203. The molecule has 0 bridgehead atoms. The van der Waals surface area contributed by atoms with Gasteiger partial charge in [0, 0.05) is 17.5 Å². The largest absolute Gasteiger partial charge is 0.444 e. The average molecular weight is 355 g/mol. The van der Waals surface area contributed by atoms with Crippen LogP contribution in [-0.2, 0) is 5.41 Å². The van der Waals surface area contributed by atoms with Crippen LogP contribution >= 0.6 is 11.6 Å². The zero-order chi connectivity index (χ0) is 17.9. The molecule has 0 aliphatic rings. The van der Waals surface area contributed by atoms with E-state index in [0.29, 0.717) is 23.0 Å². The summed E-state index contributed by atoms with van der Waals surface area (Å²) in [7, 11) is 0. The van der Waals surface area contributed by atoms with Gasteiger partial charge in [-0.2, -0.15) is 0 Å². The molecule has 128 valence electrons. The number of benzene rings is 2. The molecular weight excluding hydrogens is 336 g/mol. The van der Waals surface area contributed by atoms with E-state index in [0.717, 1.165) is 11.3 Å². The normalized spacial score (nSPS) is 11.3. The summed E-state index contributed by atoms with van der Waals surface area (Å²) in [6.45, 7) is 4.43. The molecule has 3 aromatic rings. The van der Waals surface area contributed by atoms with Crippen LogP contribution in [0.15, 0.2) is 65.3 Å². The highest BCUT2D eigenvalue weighted by Gasteiger charge is 2.26. The fraction of sp³-hybridized carbons (Fsp3) is 0.200. The van der Waals surface area contributed by atoms with E-state index >= 15 is 0 Å². The highest BCUT2D eigenvalue weighted by molar-refractivity contribution is 6.33. The third kappa shape index (κ3) is 3.91. The van der Waals surface area contributed by atoms with E-state index in [9.17, 15) is 4.79 Å². The monoisotopic (exact) mass is 354 g/mol. The first-order valence-corrected chi connectivity index (χ1v) is 8.39. The molecule has 0 fully saturated rings. The van der Waals surface area contributed by atoms with Crippen LogP contribution in [0.4, 0.5) is 0 Å².